The average molecular weight is 408 g/mol. The number of aliphatic imine (C=N–C) groups is 1. The molecule has 7 heteroatoms. The molecule has 5 nitrogen and oxygen atoms in total. The van der Waals surface area contributed by atoms with Crippen LogP contribution < -0.4 is 10.6 Å². The Morgan fingerprint density at radius 2 is 1.93 bits per heavy atom. The van der Waals surface area contributed by atoms with Crippen molar-refractivity contribution in [3.05, 3.63) is 48.0 Å². The van der Waals surface area contributed by atoms with Gasteiger partial charge in [0.15, 0.2) is 5.96 Å². The van der Waals surface area contributed by atoms with Crippen LogP contribution in [0.25, 0.3) is 10.8 Å². The molecule has 0 aliphatic heterocycles. The summed E-state index contributed by atoms with van der Waals surface area (Å²) < 4.78 is 22.5. The minimum atomic E-state index is -2.93. The number of nitrogens with zero attached hydrogens (tertiary/aromatic N) is 1. The first kappa shape index (κ1) is 21.6. The summed E-state index contributed by atoms with van der Waals surface area (Å²) in [7, 11) is -1.21. The van der Waals surface area contributed by atoms with Gasteiger partial charge in [-0.15, -0.1) is 0 Å². The molecule has 148 valence electrons. The molecule has 0 aliphatic rings. The standard InChI is InChI=1S/C20H29N3O2S2/c1-16(11-14-27(3,24)25)23-20(21-2)22-12-13-26-15-18-9-6-8-17-7-4-5-10-19(17)18/h4-10,16H,11-15H2,1-3H3,(H2,21,22,23). The third-order valence-electron chi connectivity index (χ3n) is 4.20. The molecule has 2 aromatic carbocycles. The fraction of sp³-hybridized carbons (Fsp3) is 0.450. The van der Waals surface area contributed by atoms with E-state index in [1.807, 2.05) is 18.7 Å². The smallest absolute Gasteiger partial charge is 0.191 e. The maximum Gasteiger partial charge on any atom is 0.191 e. The first-order valence-corrected chi connectivity index (χ1v) is 12.3. The van der Waals surface area contributed by atoms with Gasteiger partial charge in [-0.2, -0.15) is 11.8 Å². The van der Waals surface area contributed by atoms with E-state index < -0.39 is 9.84 Å². The lowest BCUT2D eigenvalue weighted by molar-refractivity contribution is 0.582. The molecule has 0 heterocycles. The molecule has 0 amide bonds. The zero-order valence-corrected chi connectivity index (χ0v) is 17.9. The van der Waals surface area contributed by atoms with Gasteiger partial charge in [-0.25, -0.2) is 8.42 Å². The number of thioether (sulfide) groups is 1. The van der Waals surface area contributed by atoms with Crippen molar-refractivity contribution in [1.29, 1.82) is 0 Å². The first-order valence-electron chi connectivity index (χ1n) is 9.08. The highest BCUT2D eigenvalue weighted by Crippen LogP contribution is 2.22. The number of fused-ring (bicyclic) bond motifs is 1. The van der Waals surface area contributed by atoms with Crippen LogP contribution >= 0.6 is 11.8 Å². The van der Waals surface area contributed by atoms with E-state index in [-0.39, 0.29) is 11.8 Å². The van der Waals surface area contributed by atoms with E-state index in [1.54, 1.807) is 7.05 Å². The number of rotatable bonds is 9. The van der Waals surface area contributed by atoms with E-state index in [1.165, 1.54) is 22.6 Å². The van der Waals surface area contributed by atoms with Gasteiger partial charge in [-0.05, 0) is 29.7 Å². The molecule has 2 aromatic rings. The molecule has 0 aromatic heterocycles. The number of sulfone groups is 1. The average Bonchev–Trinajstić information content (AvgIpc) is 2.64. The molecule has 0 saturated heterocycles. The summed E-state index contributed by atoms with van der Waals surface area (Å²) >= 11 is 1.88. The SMILES string of the molecule is CN=C(NCCSCc1cccc2ccccc12)NC(C)CCS(C)(=O)=O. The van der Waals surface area contributed by atoms with E-state index in [4.69, 9.17) is 0 Å². The lowest BCUT2D eigenvalue weighted by Crippen LogP contribution is -2.43. The van der Waals surface area contributed by atoms with Gasteiger partial charge < -0.3 is 10.6 Å². The van der Waals surface area contributed by atoms with Gasteiger partial charge in [0.05, 0.1) is 5.75 Å². The Morgan fingerprint density at radius 1 is 1.19 bits per heavy atom. The highest BCUT2D eigenvalue weighted by Gasteiger charge is 2.09. The topological polar surface area (TPSA) is 70.6 Å². The molecule has 2 N–H and O–H groups in total. The lowest BCUT2D eigenvalue weighted by Gasteiger charge is -2.17. The Hall–Kier alpha value is -1.73. The maximum atomic E-state index is 11.3. The minimum Gasteiger partial charge on any atom is -0.356 e. The molecule has 0 radical (unpaired) electrons. The van der Waals surface area contributed by atoms with Crippen molar-refractivity contribution in [3.8, 4) is 0 Å². The van der Waals surface area contributed by atoms with Crippen LogP contribution in [0, 0.1) is 0 Å². The van der Waals surface area contributed by atoms with E-state index in [0.29, 0.717) is 12.4 Å². The van der Waals surface area contributed by atoms with Crippen molar-refractivity contribution < 1.29 is 8.42 Å². The second kappa shape index (κ2) is 10.6. The highest BCUT2D eigenvalue weighted by atomic mass is 32.2. The number of hydrogen-bond donors (Lipinski definition) is 2. The summed E-state index contributed by atoms with van der Waals surface area (Å²) in [5, 5.41) is 9.12. The first-order chi connectivity index (χ1) is 12.9. The monoisotopic (exact) mass is 407 g/mol. The number of nitrogens with one attached hydrogen (secondary N) is 2. The maximum absolute atomic E-state index is 11.3. The fourth-order valence-corrected chi connectivity index (χ4v) is 4.38. The predicted molar refractivity (Wildman–Crippen MR) is 118 cm³/mol. The van der Waals surface area contributed by atoms with Gasteiger partial charge >= 0.3 is 0 Å². The van der Waals surface area contributed by atoms with Crippen molar-refractivity contribution >= 4 is 38.3 Å². The minimum absolute atomic E-state index is 0.0502. The molecule has 0 bridgehead atoms. The second-order valence-corrected chi connectivity index (χ2v) is 10.0. The number of benzene rings is 2. The quantitative estimate of drug-likeness (QED) is 0.380. The van der Waals surface area contributed by atoms with Gasteiger partial charge in [0.25, 0.3) is 0 Å². The van der Waals surface area contributed by atoms with E-state index in [0.717, 1.165) is 18.1 Å². The summed E-state index contributed by atoms with van der Waals surface area (Å²) in [5.41, 5.74) is 1.36. The predicted octanol–water partition coefficient (Wildman–Crippen LogP) is 3.06. The molecule has 0 saturated carbocycles. The molecular weight excluding hydrogens is 378 g/mol. The Labute approximate surface area is 167 Å². The third-order valence-corrected chi connectivity index (χ3v) is 6.19. The van der Waals surface area contributed by atoms with Gasteiger partial charge in [-0.3, -0.25) is 4.99 Å². The van der Waals surface area contributed by atoms with Crippen molar-refractivity contribution in [1.82, 2.24) is 10.6 Å². The Kier molecular flexibility index (Phi) is 8.44. The van der Waals surface area contributed by atoms with Crippen LogP contribution in [0.3, 0.4) is 0 Å². The van der Waals surface area contributed by atoms with E-state index >= 15 is 0 Å². The number of guanidine groups is 1. The zero-order valence-electron chi connectivity index (χ0n) is 16.2. The van der Waals surface area contributed by atoms with Crippen LogP contribution in [0.4, 0.5) is 0 Å². The molecule has 0 aliphatic carbocycles. The van der Waals surface area contributed by atoms with E-state index in [9.17, 15) is 8.42 Å². The van der Waals surface area contributed by atoms with Crippen molar-refractivity contribution in [2.75, 3.05) is 31.4 Å². The molecule has 1 atom stereocenters. The van der Waals surface area contributed by atoms with Crippen LogP contribution in [-0.4, -0.2) is 51.8 Å². The molecule has 0 fully saturated rings. The van der Waals surface area contributed by atoms with Crippen LogP contribution in [0.2, 0.25) is 0 Å². The molecule has 2 rings (SSSR count). The highest BCUT2D eigenvalue weighted by molar-refractivity contribution is 7.98. The largest absolute Gasteiger partial charge is 0.356 e. The van der Waals surface area contributed by atoms with Crippen LogP contribution in [0.15, 0.2) is 47.5 Å². The van der Waals surface area contributed by atoms with E-state index in [2.05, 4.69) is 58.1 Å². The van der Waals surface area contributed by atoms with Gasteiger partial charge in [-0.1, -0.05) is 42.5 Å². The van der Waals surface area contributed by atoms with Crippen molar-refractivity contribution in [3.63, 3.8) is 0 Å². The van der Waals surface area contributed by atoms with Crippen molar-refractivity contribution in [2.45, 2.75) is 25.1 Å². The molecular formula is C20H29N3O2S2. The summed E-state index contributed by atoms with van der Waals surface area (Å²) in [6.45, 7) is 2.77. The Bertz CT molecular complexity index is 861. The van der Waals surface area contributed by atoms with Gasteiger partial charge in [0.2, 0.25) is 0 Å². The van der Waals surface area contributed by atoms with Gasteiger partial charge in [0, 0.05) is 37.4 Å². The molecule has 1 unspecified atom stereocenters. The molecule has 0 spiro atoms. The summed E-state index contributed by atoms with van der Waals surface area (Å²) in [6, 6.07) is 15.0. The summed E-state index contributed by atoms with van der Waals surface area (Å²) in [4.78, 5) is 4.20. The third kappa shape index (κ3) is 7.81. The zero-order chi connectivity index (χ0) is 19.7. The number of hydrogen-bond acceptors (Lipinski definition) is 4. The Morgan fingerprint density at radius 3 is 2.67 bits per heavy atom. The Balaban J connectivity index is 1.72. The van der Waals surface area contributed by atoms with Crippen LogP contribution in [0.5, 0.6) is 0 Å². The second-order valence-electron chi connectivity index (χ2n) is 6.65. The van der Waals surface area contributed by atoms with Gasteiger partial charge in [0.1, 0.15) is 9.84 Å². The normalized spacial score (nSPS) is 13.5. The van der Waals surface area contributed by atoms with Crippen LogP contribution in [-0.2, 0) is 15.6 Å². The summed E-state index contributed by atoms with van der Waals surface area (Å²) in [5.74, 6) is 2.82. The fourth-order valence-electron chi connectivity index (χ4n) is 2.73. The van der Waals surface area contributed by atoms with Crippen LogP contribution in [0.1, 0.15) is 18.9 Å². The van der Waals surface area contributed by atoms with Crippen molar-refractivity contribution in [2.24, 2.45) is 4.99 Å². The lowest BCUT2D eigenvalue weighted by atomic mass is 10.1. The molecule has 27 heavy (non-hydrogen) atoms. The summed E-state index contributed by atoms with van der Waals surface area (Å²) in [6.07, 6.45) is 1.83.